The maximum Gasteiger partial charge on any atom is 0.305 e. The number of aliphatic hydroxyl groups is 1. The van der Waals surface area contributed by atoms with Crippen LogP contribution in [-0.2, 0) is 9.59 Å². The first kappa shape index (κ1) is 13.9. The predicted molar refractivity (Wildman–Crippen MR) is 55.4 cm³/mol. The second-order valence-electron chi connectivity index (χ2n) is 3.93. The number of carboxylic acid groups (broad SMARTS) is 1. The van der Waals surface area contributed by atoms with Crippen LogP contribution in [0.2, 0.25) is 0 Å². The van der Waals surface area contributed by atoms with Gasteiger partial charge in [0.1, 0.15) is 0 Å². The smallest absolute Gasteiger partial charge is 0.305 e. The molecule has 0 fully saturated rings. The maximum absolute atomic E-state index is 11.6. The Labute approximate surface area is 89.7 Å². The average Bonchev–Trinajstić information content (AvgIpc) is 2.10. The average molecular weight is 217 g/mol. The van der Waals surface area contributed by atoms with Crippen molar-refractivity contribution in [1.29, 1.82) is 0 Å². The zero-order chi connectivity index (χ0) is 12.0. The molecular weight excluding hydrogens is 198 g/mol. The number of carboxylic acids is 1. The number of aliphatic hydroxyl groups excluding tert-OH is 1. The highest BCUT2D eigenvalue weighted by molar-refractivity contribution is 5.78. The summed E-state index contributed by atoms with van der Waals surface area (Å²) in [6.45, 7) is 5.40. The van der Waals surface area contributed by atoms with Crippen LogP contribution in [-0.4, -0.2) is 46.2 Å². The van der Waals surface area contributed by atoms with E-state index in [0.29, 0.717) is 0 Å². The molecule has 15 heavy (non-hydrogen) atoms. The van der Waals surface area contributed by atoms with Gasteiger partial charge in [-0.1, -0.05) is 13.8 Å². The van der Waals surface area contributed by atoms with E-state index in [1.165, 1.54) is 4.90 Å². The van der Waals surface area contributed by atoms with Gasteiger partial charge in [-0.3, -0.25) is 9.59 Å². The van der Waals surface area contributed by atoms with Crippen LogP contribution in [0.25, 0.3) is 0 Å². The second kappa shape index (κ2) is 6.40. The molecule has 0 aromatic rings. The van der Waals surface area contributed by atoms with Crippen LogP contribution in [0.1, 0.15) is 27.2 Å². The molecule has 88 valence electrons. The first-order valence-electron chi connectivity index (χ1n) is 5.03. The molecule has 1 atom stereocenters. The molecule has 0 aromatic carbocycles. The normalized spacial score (nSPS) is 12.6. The van der Waals surface area contributed by atoms with Gasteiger partial charge in [0.2, 0.25) is 5.91 Å². The van der Waals surface area contributed by atoms with Crippen LogP contribution in [0, 0.1) is 5.92 Å². The summed E-state index contributed by atoms with van der Waals surface area (Å²) in [5, 5.41) is 17.7. The Balaban J connectivity index is 4.30. The van der Waals surface area contributed by atoms with E-state index in [1.807, 2.05) is 0 Å². The summed E-state index contributed by atoms with van der Waals surface area (Å²) in [4.78, 5) is 23.4. The van der Waals surface area contributed by atoms with Crippen molar-refractivity contribution in [1.82, 2.24) is 4.90 Å². The summed E-state index contributed by atoms with van der Waals surface area (Å²) >= 11 is 0. The zero-order valence-corrected chi connectivity index (χ0v) is 9.43. The number of carbonyl (C=O) groups excluding carboxylic acids is 1. The van der Waals surface area contributed by atoms with Gasteiger partial charge in [-0.15, -0.1) is 0 Å². The van der Waals surface area contributed by atoms with Gasteiger partial charge in [0.05, 0.1) is 12.5 Å². The molecule has 0 aliphatic rings. The number of rotatable bonds is 6. The number of amides is 1. The van der Waals surface area contributed by atoms with Crippen molar-refractivity contribution in [3.63, 3.8) is 0 Å². The lowest BCUT2D eigenvalue weighted by Crippen LogP contribution is -2.40. The third kappa shape index (κ3) is 6.06. The van der Waals surface area contributed by atoms with Crippen LogP contribution < -0.4 is 0 Å². The van der Waals surface area contributed by atoms with Crippen LogP contribution in [0.3, 0.4) is 0 Å². The van der Waals surface area contributed by atoms with Crippen molar-refractivity contribution in [3.8, 4) is 0 Å². The molecule has 1 unspecified atom stereocenters. The second-order valence-corrected chi connectivity index (χ2v) is 3.93. The van der Waals surface area contributed by atoms with Crippen molar-refractivity contribution in [2.24, 2.45) is 5.92 Å². The summed E-state index contributed by atoms with van der Waals surface area (Å²) in [5.41, 5.74) is 0. The quantitative estimate of drug-likeness (QED) is 0.672. The van der Waals surface area contributed by atoms with Gasteiger partial charge < -0.3 is 15.1 Å². The number of hydrogen-bond acceptors (Lipinski definition) is 3. The summed E-state index contributed by atoms with van der Waals surface area (Å²) in [6, 6.07) is 0. The zero-order valence-electron chi connectivity index (χ0n) is 9.43. The molecule has 0 aliphatic heterocycles. The molecule has 0 heterocycles. The minimum absolute atomic E-state index is 0.0921. The van der Waals surface area contributed by atoms with Crippen LogP contribution >= 0.6 is 0 Å². The maximum atomic E-state index is 11.6. The van der Waals surface area contributed by atoms with Crippen molar-refractivity contribution in [2.45, 2.75) is 33.3 Å². The van der Waals surface area contributed by atoms with Gasteiger partial charge in [-0.25, -0.2) is 0 Å². The van der Waals surface area contributed by atoms with E-state index in [9.17, 15) is 14.7 Å². The van der Waals surface area contributed by atoms with Crippen molar-refractivity contribution < 1.29 is 19.8 Å². The first-order chi connectivity index (χ1) is 6.84. The Bertz CT molecular complexity index is 225. The van der Waals surface area contributed by atoms with Crippen LogP contribution in [0.4, 0.5) is 0 Å². The van der Waals surface area contributed by atoms with E-state index in [4.69, 9.17) is 5.11 Å². The highest BCUT2D eigenvalue weighted by Crippen LogP contribution is 2.04. The minimum atomic E-state index is -0.942. The van der Waals surface area contributed by atoms with E-state index < -0.39 is 12.1 Å². The topological polar surface area (TPSA) is 77.8 Å². The van der Waals surface area contributed by atoms with E-state index in [2.05, 4.69) is 0 Å². The fourth-order valence-corrected chi connectivity index (χ4v) is 1.21. The van der Waals surface area contributed by atoms with Gasteiger partial charge in [0.15, 0.2) is 0 Å². The third-order valence-electron chi connectivity index (χ3n) is 1.89. The van der Waals surface area contributed by atoms with Crippen molar-refractivity contribution in [3.05, 3.63) is 0 Å². The lowest BCUT2D eigenvalue weighted by atomic mass is 10.1. The minimum Gasteiger partial charge on any atom is -0.481 e. The number of aliphatic carboxylic acids is 1. The lowest BCUT2D eigenvalue weighted by Gasteiger charge is -2.25. The number of carbonyl (C=O) groups is 2. The molecule has 0 aromatic heterocycles. The molecule has 0 bridgehead atoms. The van der Waals surface area contributed by atoms with Gasteiger partial charge in [0.25, 0.3) is 0 Å². The fourth-order valence-electron chi connectivity index (χ4n) is 1.21. The molecule has 0 rings (SSSR count). The molecule has 5 nitrogen and oxygen atoms in total. The molecule has 5 heteroatoms. The Morgan fingerprint density at radius 1 is 1.27 bits per heavy atom. The Kier molecular flexibility index (Phi) is 5.93. The monoisotopic (exact) mass is 217 g/mol. The highest BCUT2D eigenvalue weighted by Gasteiger charge is 2.19. The van der Waals surface area contributed by atoms with Crippen LogP contribution in [0.5, 0.6) is 0 Å². The molecule has 0 aliphatic carbocycles. The van der Waals surface area contributed by atoms with Crippen molar-refractivity contribution >= 4 is 11.9 Å². The summed E-state index contributed by atoms with van der Waals surface area (Å²) in [6.07, 6.45) is -0.730. The molecular formula is C10H19NO4. The van der Waals surface area contributed by atoms with Gasteiger partial charge in [0, 0.05) is 19.0 Å². The molecule has 0 radical (unpaired) electrons. The summed E-state index contributed by atoms with van der Waals surface area (Å²) in [7, 11) is 0. The van der Waals surface area contributed by atoms with Gasteiger partial charge in [-0.2, -0.15) is 0 Å². The highest BCUT2D eigenvalue weighted by atomic mass is 16.4. The lowest BCUT2D eigenvalue weighted by molar-refractivity contribution is -0.140. The van der Waals surface area contributed by atoms with E-state index in [-0.39, 0.29) is 31.3 Å². The summed E-state index contributed by atoms with van der Waals surface area (Å²) < 4.78 is 0. The molecule has 0 saturated heterocycles. The molecule has 0 saturated carbocycles. The van der Waals surface area contributed by atoms with Gasteiger partial charge >= 0.3 is 5.97 Å². The number of hydrogen-bond donors (Lipinski definition) is 2. The van der Waals surface area contributed by atoms with Crippen LogP contribution in [0.15, 0.2) is 0 Å². The molecule has 0 spiro atoms. The fraction of sp³-hybridized carbons (Fsp3) is 0.800. The predicted octanol–water partition coefficient (Wildman–Crippen LogP) is 0.327. The largest absolute Gasteiger partial charge is 0.481 e. The standard InChI is InChI=1S/C10H19NO4/c1-7(2)10(15)11(6-8(3)12)5-4-9(13)14/h7-8,12H,4-6H2,1-3H3,(H,13,14). The Morgan fingerprint density at radius 2 is 1.80 bits per heavy atom. The van der Waals surface area contributed by atoms with E-state index >= 15 is 0 Å². The van der Waals surface area contributed by atoms with Crippen molar-refractivity contribution in [2.75, 3.05) is 13.1 Å². The first-order valence-corrected chi connectivity index (χ1v) is 5.03. The SMILES string of the molecule is CC(O)CN(CCC(=O)O)C(=O)C(C)C. The number of nitrogens with zero attached hydrogens (tertiary/aromatic N) is 1. The molecule has 2 N–H and O–H groups in total. The van der Waals surface area contributed by atoms with E-state index in [0.717, 1.165) is 0 Å². The third-order valence-corrected chi connectivity index (χ3v) is 1.89. The Morgan fingerprint density at radius 3 is 2.13 bits per heavy atom. The Hall–Kier alpha value is -1.10. The van der Waals surface area contributed by atoms with E-state index in [1.54, 1.807) is 20.8 Å². The van der Waals surface area contributed by atoms with Gasteiger partial charge in [-0.05, 0) is 6.92 Å². The summed E-state index contributed by atoms with van der Waals surface area (Å²) in [5.74, 6) is -1.25. The molecule has 1 amide bonds.